The normalized spacial score (nSPS) is 27.4. The van der Waals surface area contributed by atoms with Gasteiger partial charge in [0.05, 0.1) is 13.0 Å². The smallest absolute Gasteiger partial charge is 0.311 e. The first kappa shape index (κ1) is 37.1. The average Bonchev–Trinajstić information content (AvgIpc) is 3.01. The maximum atomic E-state index is 14.1. The lowest BCUT2D eigenvalue weighted by molar-refractivity contribution is -0.168. The van der Waals surface area contributed by atoms with Crippen molar-refractivity contribution < 1.29 is 23.9 Å². The molecule has 9 heteroatoms. The van der Waals surface area contributed by atoms with Gasteiger partial charge in [-0.05, 0) is 56.8 Å². The number of carbonyl (C=O) groups excluding carboxylic acids is 3. The van der Waals surface area contributed by atoms with Crippen molar-refractivity contribution in [1.29, 1.82) is 0 Å². The molecule has 1 saturated heterocycles. The highest BCUT2D eigenvalue weighted by Gasteiger charge is 2.38. The fourth-order valence-corrected chi connectivity index (χ4v) is 5.39. The van der Waals surface area contributed by atoms with E-state index in [9.17, 15) is 14.4 Å². The number of terminal acetylenes is 1. The second-order valence-electron chi connectivity index (χ2n) is 12.8. The van der Waals surface area contributed by atoms with Gasteiger partial charge >= 0.3 is 5.97 Å². The van der Waals surface area contributed by atoms with E-state index in [1.807, 2.05) is 52.1 Å². The number of nitrogens with one attached hydrogen (secondary N) is 2. The lowest BCUT2D eigenvalue weighted by Gasteiger charge is -2.37. The fraction of sp³-hybridized carbons (Fsp3) is 0.686. The van der Waals surface area contributed by atoms with E-state index in [2.05, 4.69) is 42.2 Å². The van der Waals surface area contributed by atoms with Crippen LogP contribution in [0.4, 0.5) is 0 Å². The molecule has 0 aromatic heterocycles. The van der Waals surface area contributed by atoms with Gasteiger partial charge in [-0.15, -0.1) is 12.3 Å². The molecule has 0 spiro atoms. The summed E-state index contributed by atoms with van der Waals surface area (Å²) in [5.41, 5.74) is 0.887. The molecule has 246 valence electrons. The number of cyclic esters (lactones) is 1. The molecule has 6 unspecified atom stereocenters. The van der Waals surface area contributed by atoms with Crippen LogP contribution in [0, 0.1) is 30.1 Å². The quantitative estimate of drug-likeness (QED) is 0.248. The Kier molecular flexibility index (Phi) is 15.2. The van der Waals surface area contributed by atoms with Crippen molar-refractivity contribution in [2.45, 2.75) is 104 Å². The first-order chi connectivity index (χ1) is 20.8. The zero-order valence-electron chi connectivity index (χ0n) is 28.4. The number of likely N-dealkylation sites (N-methyl/N-ethyl adjacent to an activating group) is 2. The van der Waals surface area contributed by atoms with Crippen LogP contribution in [0.15, 0.2) is 24.3 Å². The third kappa shape index (κ3) is 10.5. The van der Waals surface area contributed by atoms with Gasteiger partial charge in [-0.2, -0.15) is 0 Å². The van der Waals surface area contributed by atoms with Crippen LogP contribution < -0.4 is 15.4 Å². The summed E-state index contributed by atoms with van der Waals surface area (Å²) in [5, 5.41) is 6.86. The lowest BCUT2D eigenvalue weighted by atomic mass is 9.94. The number of amides is 2. The minimum atomic E-state index is -1.02. The van der Waals surface area contributed by atoms with E-state index >= 15 is 0 Å². The number of benzene rings is 1. The second-order valence-corrected chi connectivity index (χ2v) is 12.8. The highest BCUT2D eigenvalue weighted by molar-refractivity contribution is 5.91. The van der Waals surface area contributed by atoms with E-state index in [4.69, 9.17) is 15.9 Å². The van der Waals surface area contributed by atoms with Crippen LogP contribution in [0.2, 0.25) is 0 Å². The topological polar surface area (TPSA) is 100 Å². The van der Waals surface area contributed by atoms with Gasteiger partial charge in [-0.25, -0.2) is 0 Å². The van der Waals surface area contributed by atoms with Crippen LogP contribution in [-0.2, 0) is 25.5 Å². The first-order valence-corrected chi connectivity index (χ1v) is 16.1. The Morgan fingerprint density at radius 3 is 2.34 bits per heavy atom. The molecule has 0 radical (unpaired) electrons. The van der Waals surface area contributed by atoms with Crippen LogP contribution in [-0.4, -0.2) is 92.1 Å². The SMILES string of the molecule is C#CCCCC1NC[C@H](C)N(C)CC(C(C)C)NC(=O)C(Cc2ccc(OC)cc2)N(C)C(=O)C(C(C)CC)OC(=O)C1C. The maximum Gasteiger partial charge on any atom is 0.311 e. The number of hydrogen-bond donors (Lipinski definition) is 2. The van der Waals surface area contributed by atoms with E-state index in [1.165, 1.54) is 4.90 Å². The number of ether oxygens (including phenoxy) is 2. The van der Waals surface area contributed by atoms with E-state index in [0.717, 1.165) is 12.0 Å². The molecule has 1 aromatic carbocycles. The van der Waals surface area contributed by atoms with Crippen LogP contribution in [0.1, 0.15) is 72.8 Å². The Morgan fingerprint density at radius 2 is 1.77 bits per heavy atom. The van der Waals surface area contributed by atoms with Gasteiger partial charge in [0.25, 0.3) is 5.91 Å². The highest BCUT2D eigenvalue weighted by atomic mass is 16.5. The van der Waals surface area contributed by atoms with Crippen molar-refractivity contribution in [1.82, 2.24) is 20.4 Å². The van der Waals surface area contributed by atoms with Crippen LogP contribution in [0.3, 0.4) is 0 Å². The van der Waals surface area contributed by atoms with Gasteiger partial charge in [0.2, 0.25) is 5.91 Å². The third-order valence-corrected chi connectivity index (χ3v) is 9.21. The van der Waals surface area contributed by atoms with Gasteiger partial charge in [0.15, 0.2) is 6.10 Å². The number of nitrogens with zero attached hydrogens (tertiary/aromatic N) is 2. The van der Waals surface area contributed by atoms with Crippen molar-refractivity contribution >= 4 is 17.8 Å². The average molecular weight is 613 g/mol. The predicted molar refractivity (Wildman–Crippen MR) is 175 cm³/mol. The van der Waals surface area contributed by atoms with Gasteiger partial charge < -0.3 is 29.9 Å². The second kappa shape index (κ2) is 18.0. The standard InChI is InChI=1S/C35H56N4O5/c1-11-13-14-15-29-26(7)35(42)44-32(24(5)12-2)34(41)39(9)31(20-27-16-18-28(43-10)19-17-27)33(40)37-30(23(3)4)22-38(8)25(6)21-36-29/h1,16-19,23-26,29-32,36H,12-15,20-22H2,2-10H3,(H,37,40)/t24?,25-,26?,29?,30?,31?,32?/m0/s1. The molecule has 0 aliphatic carbocycles. The predicted octanol–water partition coefficient (Wildman–Crippen LogP) is 3.90. The van der Waals surface area contributed by atoms with Crippen molar-refractivity contribution in [3.05, 3.63) is 29.8 Å². The molecule has 2 rings (SSSR count). The number of rotatable bonds is 9. The summed E-state index contributed by atoms with van der Waals surface area (Å²) in [4.78, 5) is 45.5. The third-order valence-electron chi connectivity index (χ3n) is 9.21. The molecular formula is C35H56N4O5. The maximum absolute atomic E-state index is 14.1. The Balaban J connectivity index is 2.55. The molecule has 1 aromatic rings. The molecule has 1 aliphatic heterocycles. The molecule has 44 heavy (non-hydrogen) atoms. The zero-order chi connectivity index (χ0) is 33.0. The largest absolute Gasteiger partial charge is 0.497 e. The van der Waals surface area contributed by atoms with Crippen molar-refractivity contribution in [2.24, 2.45) is 17.8 Å². The number of unbranched alkanes of at least 4 members (excludes halogenated alkanes) is 1. The number of hydrogen-bond acceptors (Lipinski definition) is 7. The lowest BCUT2D eigenvalue weighted by Crippen LogP contribution is -2.58. The Bertz CT molecular complexity index is 1100. The van der Waals surface area contributed by atoms with E-state index in [0.29, 0.717) is 44.5 Å². The molecule has 0 saturated carbocycles. The van der Waals surface area contributed by atoms with Crippen molar-refractivity contribution in [2.75, 3.05) is 34.3 Å². The Labute approximate surface area is 265 Å². The molecule has 7 atom stereocenters. The van der Waals surface area contributed by atoms with E-state index in [-0.39, 0.29) is 41.8 Å². The number of carbonyl (C=O) groups is 3. The Hall–Kier alpha value is -3.09. The number of methoxy groups -OCH3 is 1. The fourth-order valence-electron chi connectivity index (χ4n) is 5.39. The molecule has 1 heterocycles. The monoisotopic (exact) mass is 612 g/mol. The van der Waals surface area contributed by atoms with Gasteiger partial charge in [-0.3, -0.25) is 14.4 Å². The van der Waals surface area contributed by atoms with Crippen molar-refractivity contribution in [3.8, 4) is 18.1 Å². The molecule has 2 N–H and O–H groups in total. The molecule has 1 fully saturated rings. The number of esters is 1. The van der Waals surface area contributed by atoms with Gasteiger partial charge in [-0.1, -0.05) is 46.8 Å². The zero-order valence-corrected chi connectivity index (χ0v) is 28.4. The van der Waals surface area contributed by atoms with E-state index < -0.39 is 24.0 Å². The van der Waals surface area contributed by atoms with Gasteiger partial charge in [0.1, 0.15) is 11.8 Å². The first-order valence-electron chi connectivity index (χ1n) is 16.1. The summed E-state index contributed by atoms with van der Waals surface area (Å²) in [6, 6.07) is 6.51. The summed E-state index contributed by atoms with van der Waals surface area (Å²) in [6.45, 7) is 13.3. The highest BCUT2D eigenvalue weighted by Crippen LogP contribution is 2.22. The van der Waals surface area contributed by atoms with E-state index in [1.54, 1.807) is 14.2 Å². The molecule has 9 nitrogen and oxygen atoms in total. The Morgan fingerprint density at radius 1 is 1.11 bits per heavy atom. The molecule has 0 bridgehead atoms. The summed E-state index contributed by atoms with van der Waals surface area (Å²) in [7, 11) is 5.28. The summed E-state index contributed by atoms with van der Waals surface area (Å²) in [5.74, 6) is 1.77. The molecule has 2 amide bonds. The van der Waals surface area contributed by atoms with Gasteiger partial charge in [0, 0.05) is 57.0 Å². The van der Waals surface area contributed by atoms with Crippen LogP contribution in [0.25, 0.3) is 0 Å². The van der Waals surface area contributed by atoms with Crippen LogP contribution >= 0.6 is 0 Å². The minimum absolute atomic E-state index is 0.131. The summed E-state index contributed by atoms with van der Waals surface area (Å²) >= 11 is 0. The van der Waals surface area contributed by atoms with Crippen LogP contribution in [0.5, 0.6) is 5.75 Å². The summed E-state index contributed by atoms with van der Waals surface area (Å²) in [6.07, 6.45) is 7.54. The molecule has 1 aliphatic rings. The molecular weight excluding hydrogens is 556 g/mol. The summed E-state index contributed by atoms with van der Waals surface area (Å²) < 4.78 is 11.3. The minimum Gasteiger partial charge on any atom is -0.497 e. The van der Waals surface area contributed by atoms with Crippen molar-refractivity contribution in [3.63, 3.8) is 0 Å².